The number of rotatable bonds is 7. The number of nitrogens with one attached hydrogen (secondary N) is 1. The minimum absolute atomic E-state index is 0.258. The van der Waals surface area contributed by atoms with E-state index in [1.165, 1.54) is 0 Å². The molecule has 0 aliphatic rings. The minimum Gasteiger partial charge on any atom is -0.477 e. The molecule has 0 atom stereocenters. The van der Waals surface area contributed by atoms with Crippen molar-refractivity contribution in [3.05, 3.63) is 52.3 Å². The summed E-state index contributed by atoms with van der Waals surface area (Å²) in [5.41, 5.74) is 4.35. The van der Waals surface area contributed by atoms with E-state index in [9.17, 15) is 4.79 Å². The van der Waals surface area contributed by atoms with Gasteiger partial charge in [-0.1, -0.05) is 29.3 Å². The average molecular weight is 497 g/mol. The third-order valence-corrected chi connectivity index (χ3v) is 5.67. The molecule has 4 aromatic rings. The molecule has 8 nitrogen and oxygen atoms in total. The van der Waals surface area contributed by atoms with E-state index >= 15 is 0 Å². The maximum absolute atomic E-state index is 13.1. The third-order valence-electron chi connectivity index (χ3n) is 5.18. The molecule has 1 aromatic carbocycles. The van der Waals surface area contributed by atoms with Crippen molar-refractivity contribution in [2.75, 3.05) is 11.9 Å². The number of carbonyl (C=O) groups is 1. The predicted octanol–water partition coefficient (Wildman–Crippen LogP) is 4.87. The van der Waals surface area contributed by atoms with Gasteiger partial charge in [-0.3, -0.25) is 15.1 Å². The number of pyridine rings is 1. The van der Waals surface area contributed by atoms with Crippen LogP contribution in [-0.2, 0) is 14.1 Å². The van der Waals surface area contributed by atoms with Crippen LogP contribution in [0.1, 0.15) is 35.8 Å². The molecule has 3 heterocycles. The van der Waals surface area contributed by atoms with Crippen LogP contribution in [0.15, 0.2) is 41.0 Å². The number of unbranched alkanes of at least 4 members (excludes halogenated alkanes) is 1. The molecule has 1 N–H and O–H groups in total. The summed E-state index contributed by atoms with van der Waals surface area (Å²) in [6, 6.07) is 9.33. The quantitative estimate of drug-likeness (QED) is 0.368. The van der Waals surface area contributed by atoms with Crippen LogP contribution in [0.2, 0.25) is 0 Å². The van der Waals surface area contributed by atoms with Crippen molar-refractivity contribution in [2.24, 2.45) is 14.1 Å². The van der Waals surface area contributed by atoms with Crippen molar-refractivity contribution in [3.63, 3.8) is 0 Å². The minimum atomic E-state index is -0.258. The van der Waals surface area contributed by atoms with Crippen LogP contribution in [0.25, 0.3) is 22.3 Å². The summed E-state index contributed by atoms with van der Waals surface area (Å²) in [7, 11) is 3.70. The first kappa shape index (κ1) is 22.0. The summed E-state index contributed by atoms with van der Waals surface area (Å²) >= 11 is 3.46. The Kier molecular flexibility index (Phi) is 6.27. The maximum Gasteiger partial charge on any atom is 0.258 e. The first-order valence-electron chi connectivity index (χ1n) is 10.4. The number of imidazole rings is 1. The van der Waals surface area contributed by atoms with E-state index in [2.05, 4.69) is 43.2 Å². The zero-order valence-corrected chi connectivity index (χ0v) is 20.1. The summed E-state index contributed by atoms with van der Waals surface area (Å²) in [5.74, 6) is 0.861. The number of halogens is 1. The molecule has 0 fully saturated rings. The number of anilines is 1. The highest BCUT2D eigenvalue weighted by Gasteiger charge is 2.18. The van der Waals surface area contributed by atoms with Gasteiger partial charge in [0.2, 0.25) is 11.8 Å². The standard InChI is InChI=1S/C23H25BrN6O2/c1-5-6-9-32-22-17(13-25-30(22)4)18-11-15(10-14(2)26-18)21(31)28-23-27-19-12-16(24)7-8-20(19)29(23)3/h7-8,10-13H,5-6,9H2,1-4H3,(H,27,28,31). The van der Waals surface area contributed by atoms with Gasteiger partial charge in [0.15, 0.2) is 0 Å². The number of nitrogens with zero attached hydrogens (tertiary/aromatic N) is 5. The van der Waals surface area contributed by atoms with E-state index in [0.29, 0.717) is 29.7 Å². The number of aromatic nitrogens is 5. The number of fused-ring (bicyclic) bond motifs is 1. The SMILES string of the molecule is CCCCOc1c(-c2cc(C(=O)Nc3nc4cc(Br)ccc4n3C)cc(C)n2)cnn1C. The highest BCUT2D eigenvalue weighted by molar-refractivity contribution is 9.10. The van der Waals surface area contributed by atoms with E-state index in [-0.39, 0.29) is 5.91 Å². The molecule has 166 valence electrons. The number of hydrogen-bond acceptors (Lipinski definition) is 5. The Labute approximate surface area is 194 Å². The lowest BCUT2D eigenvalue weighted by atomic mass is 10.1. The van der Waals surface area contributed by atoms with Gasteiger partial charge >= 0.3 is 0 Å². The Bertz CT molecular complexity index is 1290. The lowest BCUT2D eigenvalue weighted by Crippen LogP contribution is -2.15. The zero-order chi connectivity index (χ0) is 22.8. The van der Waals surface area contributed by atoms with E-state index in [4.69, 9.17) is 4.74 Å². The van der Waals surface area contributed by atoms with E-state index < -0.39 is 0 Å². The van der Waals surface area contributed by atoms with E-state index in [1.54, 1.807) is 23.0 Å². The molecule has 0 saturated carbocycles. The smallest absolute Gasteiger partial charge is 0.258 e. The molecule has 0 bridgehead atoms. The molecule has 0 aliphatic carbocycles. The number of carbonyl (C=O) groups excluding carboxylic acids is 1. The van der Waals surface area contributed by atoms with Gasteiger partial charge in [-0.15, -0.1) is 0 Å². The Morgan fingerprint density at radius 2 is 2.00 bits per heavy atom. The summed E-state index contributed by atoms with van der Waals surface area (Å²) < 4.78 is 10.4. The van der Waals surface area contributed by atoms with Crippen molar-refractivity contribution < 1.29 is 9.53 Å². The maximum atomic E-state index is 13.1. The lowest BCUT2D eigenvalue weighted by molar-refractivity contribution is 0.102. The van der Waals surface area contributed by atoms with Gasteiger partial charge in [-0.05, 0) is 43.7 Å². The van der Waals surface area contributed by atoms with Crippen LogP contribution in [0.4, 0.5) is 5.95 Å². The van der Waals surface area contributed by atoms with Crippen molar-refractivity contribution in [3.8, 4) is 17.1 Å². The predicted molar refractivity (Wildman–Crippen MR) is 128 cm³/mol. The molecule has 0 radical (unpaired) electrons. The molecule has 0 aliphatic heterocycles. The van der Waals surface area contributed by atoms with Gasteiger partial charge in [0, 0.05) is 29.8 Å². The van der Waals surface area contributed by atoms with E-state index in [0.717, 1.165) is 39.6 Å². The number of ether oxygens (including phenoxy) is 1. The summed E-state index contributed by atoms with van der Waals surface area (Å²) in [5, 5.41) is 7.24. The van der Waals surface area contributed by atoms with Crippen LogP contribution < -0.4 is 10.1 Å². The number of aryl methyl sites for hydroxylation is 3. The lowest BCUT2D eigenvalue weighted by Gasteiger charge is -2.10. The Hall–Kier alpha value is -3.20. The number of benzene rings is 1. The first-order valence-corrected chi connectivity index (χ1v) is 11.2. The summed E-state index contributed by atoms with van der Waals surface area (Å²) in [6.07, 6.45) is 3.71. The van der Waals surface area contributed by atoms with Crippen molar-refractivity contribution in [1.82, 2.24) is 24.3 Å². The van der Waals surface area contributed by atoms with Gasteiger partial charge in [0.25, 0.3) is 5.91 Å². The highest BCUT2D eigenvalue weighted by Crippen LogP contribution is 2.29. The second-order valence-corrected chi connectivity index (χ2v) is 8.57. The second kappa shape index (κ2) is 9.12. The van der Waals surface area contributed by atoms with Crippen molar-refractivity contribution in [1.29, 1.82) is 0 Å². The topological polar surface area (TPSA) is 86.9 Å². The molecule has 0 spiro atoms. The summed E-state index contributed by atoms with van der Waals surface area (Å²) in [4.78, 5) is 22.3. The summed E-state index contributed by atoms with van der Waals surface area (Å²) in [6.45, 7) is 4.58. The molecule has 3 aromatic heterocycles. The van der Waals surface area contributed by atoms with Gasteiger partial charge in [0.05, 0.1) is 35.1 Å². The molecule has 0 saturated heterocycles. The van der Waals surface area contributed by atoms with E-state index in [1.807, 2.05) is 43.8 Å². The van der Waals surface area contributed by atoms with Crippen LogP contribution in [-0.4, -0.2) is 36.8 Å². The fraction of sp³-hybridized carbons (Fsp3) is 0.304. The second-order valence-electron chi connectivity index (χ2n) is 7.65. The average Bonchev–Trinajstić information content (AvgIpc) is 3.27. The fourth-order valence-corrected chi connectivity index (χ4v) is 3.83. The molecule has 4 rings (SSSR count). The largest absolute Gasteiger partial charge is 0.477 e. The number of amides is 1. The Morgan fingerprint density at radius 1 is 1.19 bits per heavy atom. The molecule has 9 heteroatoms. The normalized spacial score (nSPS) is 11.2. The first-order chi connectivity index (χ1) is 15.4. The van der Waals surface area contributed by atoms with Crippen LogP contribution in [0.3, 0.4) is 0 Å². The molecular weight excluding hydrogens is 472 g/mol. The van der Waals surface area contributed by atoms with Crippen LogP contribution in [0, 0.1) is 6.92 Å². The van der Waals surface area contributed by atoms with Gasteiger partial charge < -0.3 is 9.30 Å². The van der Waals surface area contributed by atoms with Crippen LogP contribution >= 0.6 is 15.9 Å². The molecule has 1 amide bonds. The van der Waals surface area contributed by atoms with Gasteiger partial charge in [-0.25, -0.2) is 9.67 Å². The monoisotopic (exact) mass is 496 g/mol. The Balaban J connectivity index is 1.64. The number of hydrogen-bond donors (Lipinski definition) is 1. The third kappa shape index (κ3) is 4.38. The fourth-order valence-electron chi connectivity index (χ4n) is 3.48. The Morgan fingerprint density at radius 3 is 2.78 bits per heavy atom. The molecule has 32 heavy (non-hydrogen) atoms. The van der Waals surface area contributed by atoms with Gasteiger partial charge in [0.1, 0.15) is 0 Å². The van der Waals surface area contributed by atoms with Crippen molar-refractivity contribution in [2.45, 2.75) is 26.7 Å². The highest BCUT2D eigenvalue weighted by atomic mass is 79.9. The van der Waals surface area contributed by atoms with Crippen molar-refractivity contribution >= 4 is 38.8 Å². The molecule has 0 unspecified atom stereocenters. The van der Waals surface area contributed by atoms with Gasteiger partial charge in [-0.2, -0.15) is 5.10 Å². The van der Waals surface area contributed by atoms with Crippen LogP contribution in [0.5, 0.6) is 5.88 Å². The molecular formula is C23H25BrN6O2. The zero-order valence-electron chi connectivity index (χ0n) is 18.5.